The lowest BCUT2D eigenvalue weighted by atomic mass is 9.80. The molecule has 1 heterocycles. The number of hydrogen-bond acceptors (Lipinski definition) is 3. The molecule has 0 atom stereocenters. The molecule has 0 N–H and O–H groups in total. The van der Waals surface area contributed by atoms with Gasteiger partial charge in [0.2, 0.25) is 4.47 Å². The Bertz CT molecular complexity index is 319. The Balaban J connectivity index is 1.81. The monoisotopic (exact) mass is 258 g/mol. The van der Waals surface area contributed by atoms with Gasteiger partial charge >= 0.3 is 0 Å². The van der Waals surface area contributed by atoms with E-state index < -0.39 is 0 Å². The van der Waals surface area contributed by atoms with Crippen molar-refractivity contribution >= 4 is 22.9 Å². The Hall–Kier alpha value is -0.150. The van der Waals surface area contributed by atoms with Crippen LogP contribution in [0.3, 0.4) is 0 Å². The summed E-state index contributed by atoms with van der Waals surface area (Å²) in [4.78, 5) is 0. The van der Waals surface area contributed by atoms with Gasteiger partial charge in [0.15, 0.2) is 0 Å². The number of nitrogens with zero attached hydrogens (tertiary/aromatic N) is 2. The second kappa shape index (κ2) is 5.97. The summed E-state index contributed by atoms with van der Waals surface area (Å²) in [6, 6.07) is 0. The molecule has 1 aliphatic rings. The van der Waals surface area contributed by atoms with Gasteiger partial charge in [-0.15, -0.1) is 10.2 Å². The molecule has 0 aliphatic heterocycles. The Morgan fingerprint density at radius 1 is 1.25 bits per heavy atom. The number of rotatable bonds is 4. The van der Waals surface area contributed by atoms with Crippen molar-refractivity contribution in [1.82, 2.24) is 10.2 Å². The molecule has 0 aromatic carbocycles. The van der Waals surface area contributed by atoms with E-state index in [0.29, 0.717) is 10.4 Å². The van der Waals surface area contributed by atoms with E-state index in [2.05, 4.69) is 17.1 Å². The highest BCUT2D eigenvalue weighted by Crippen LogP contribution is 2.39. The molecular weight excluding hydrogens is 240 g/mol. The van der Waals surface area contributed by atoms with Crippen LogP contribution in [0.5, 0.6) is 0 Å². The molecule has 0 saturated heterocycles. The molecule has 0 bridgehead atoms. The van der Waals surface area contributed by atoms with Crippen molar-refractivity contribution in [1.29, 1.82) is 0 Å². The normalized spacial score (nSPS) is 25.9. The fourth-order valence-electron chi connectivity index (χ4n) is 2.57. The van der Waals surface area contributed by atoms with Crippen LogP contribution < -0.4 is 0 Å². The van der Waals surface area contributed by atoms with E-state index in [1.54, 1.807) is 11.3 Å². The number of halogens is 1. The lowest BCUT2D eigenvalue weighted by molar-refractivity contribution is 0.303. The third-order valence-electron chi connectivity index (χ3n) is 3.58. The molecule has 0 radical (unpaired) electrons. The van der Waals surface area contributed by atoms with Crippen molar-refractivity contribution in [3.8, 4) is 0 Å². The molecule has 0 spiro atoms. The van der Waals surface area contributed by atoms with Gasteiger partial charge in [0.1, 0.15) is 5.01 Å². The van der Waals surface area contributed by atoms with Crippen LogP contribution in [-0.2, 0) is 0 Å². The molecule has 1 aromatic rings. The molecule has 0 unspecified atom stereocenters. The summed E-state index contributed by atoms with van der Waals surface area (Å²) in [5.74, 6) is 1.59. The molecule has 4 heteroatoms. The van der Waals surface area contributed by atoms with Crippen LogP contribution in [0.15, 0.2) is 0 Å². The summed E-state index contributed by atoms with van der Waals surface area (Å²) in [6.45, 7) is 2.27. The molecule has 16 heavy (non-hydrogen) atoms. The zero-order valence-corrected chi connectivity index (χ0v) is 11.4. The van der Waals surface area contributed by atoms with E-state index in [4.69, 9.17) is 11.6 Å². The maximum atomic E-state index is 5.82. The van der Waals surface area contributed by atoms with Crippen LogP contribution in [0.4, 0.5) is 0 Å². The molecule has 1 aromatic heterocycles. The summed E-state index contributed by atoms with van der Waals surface area (Å²) in [6.07, 6.45) is 9.41. The Labute approximate surface area is 106 Å². The van der Waals surface area contributed by atoms with Crippen molar-refractivity contribution in [2.75, 3.05) is 0 Å². The summed E-state index contributed by atoms with van der Waals surface area (Å²) in [5, 5.41) is 9.21. The van der Waals surface area contributed by atoms with Gasteiger partial charge in [0.05, 0.1) is 0 Å². The first-order valence-corrected chi connectivity index (χ1v) is 7.48. The summed E-state index contributed by atoms with van der Waals surface area (Å²) in [5.41, 5.74) is 0. The SMILES string of the molecule is CCCCC1CCC(c2nnc(Cl)s2)CC1. The average Bonchev–Trinajstić information content (AvgIpc) is 2.74. The van der Waals surface area contributed by atoms with E-state index in [1.165, 1.54) is 44.9 Å². The van der Waals surface area contributed by atoms with Crippen LogP contribution in [0, 0.1) is 5.92 Å². The number of hydrogen-bond donors (Lipinski definition) is 0. The largest absolute Gasteiger partial charge is 0.207 e. The second-order valence-corrected chi connectivity index (χ2v) is 6.34. The Morgan fingerprint density at radius 3 is 2.56 bits per heavy atom. The molecule has 2 rings (SSSR count). The molecule has 1 aliphatic carbocycles. The topological polar surface area (TPSA) is 25.8 Å². The maximum Gasteiger partial charge on any atom is 0.207 e. The lowest BCUT2D eigenvalue weighted by Gasteiger charge is -2.26. The van der Waals surface area contributed by atoms with Crippen LogP contribution in [0.1, 0.15) is 62.8 Å². The van der Waals surface area contributed by atoms with Crippen LogP contribution >= 0.6 is 22.9 Å². The van der Waals surface area contributed by atoms with Crippen molar-refractivity contribution in [3.63, 3.8) is 0 Å². The van der Waals surface area contributed by atoms with Crippen molar-refractivity contribution < 1.29 is 0 Å². The molecule has 0 amide bonds. The fourth-order valence-corrected chi connectivity index (χ4v) is 3.58. The quantitative estimate of drug-likeness (QED) is 0.785. The number of unbranched alkanes of at least 4 members (excludes halogenated alkanes) is 1. The highest BCUT2D eigenvalue weighted by molar-refractivity contribution is 7.15. The predicted molar refractivity (Wildman–Crippen MR) is 69.1 cm³/mol. The molecule has 90 valence electrons. The first-order valence-electron chi connectivity index (χ1n) is 6.28. The second-order valence-electron chi connectivity index (χ2n) is 4.75. The Kier molecular flexibility index (Phi) is 4.59. The molecule has 1 fully saturated rings. The highest BCUT2D eigenvalue weighted by atomic mass is 35.5. The fraction of sp³-hybridized carbons (Fsp3) is 0.833. The van der Waals surface area contributed by atoms with E-state index in [1.807, 2.05) is 0 Å². The van der Waals surface area contributed by atoms with Gasteiger partial charge in [0.25, 0.3) is 0 Å². The number of aromatic nitrogens is 2. The first kappa shape index (κ1) is 12.3. The molecule has 2 nitrogen and oxygen atoms in total. The van der Waals surface area contributed by atoms with Crippen molar-refractivity contribution in [2.24, 2.45) is 5.92 Å². The van der Waals surface area contributed by atoms with Gasteiger partial charge in [-0.05, 0) is 43.2 Å². The van der Waals surface area contributed by atoms with Crippen molar-refractivity contribution in [2.45, 2.75) is 57.8 Å². The van der Waals surface area contributed by atoms with Gasteiger partial charge in [0, 0.05) is 5.92 Å². The Morgan fingerprint density at radius 2 is 2.00 bits per heavy atom. The lowest BCUT2D eigenvalue weighted by Crippen LogP contribution is -2.13. The minimum absolute atomic E-state index is 0.586. The van der Waals surface area contributed by atoms with Crippen LogP contribution in [0.2, 0.25) is 4.47 Å². The molecular formula is C12H19ClN2S. The summed E-state index contributed by atoms with van der Waals surface area (Å²) < 4.78 is 0.586. The van der Waals surface area contributed by atoms with Crippen molar-refractivity contribution in [3.05, 3.63) is 9.47 Å². The van der Waals surface area contributed by atoms with Gasteiger partial charge < -0.3 is 0 Å². The van der Waals surface area contributed by atoms with Gasteiger partial charge in [-0.25, -0.2) is 0 Å². The predicted octanol–water partition coefficient (Wildman–Crippen LogP) is 4.66. The third-order valence-corrected chi connectivity index (χ3v) is 4.76. The zero-order chi connectivity index (χ0) is 11.4. The van der Waals surface area contributed by atoms with E-state index in [0.717, 1.165) is 10.9 Å². The minimum atomic E-state index is 0.586. The van der Waals surface area contributed by atoms with Crippen LogP contribution in [-0.4, -0.2) is 10.2 Å². The van der Waals surface area contributed by atoms with E-state index >= 15 is 0 Å². The standard InChI is InChI=1S/C12H19ClN2S/c1-2-3-4-9-5-7-10(8-6-9)11-14-15-12(13)16-11/h9-10H,2-8H2,1H3. The highest BCUT2D eigenvalue weighted by Gasteiger charge is 2.24. The van der Waals surface area contributed by atoms with Crippen LogP contribution in [0.25, 0.3) is 0 Å². The maximum absolute atomic E-state index is 5.82. The smallest absolute Gasteiger partial charge is 0.142 e. The molecule has 1 saturated carbocycles. The van der Waals surface area contributed by atoms with E-state index in [9.17, 15) is 0 Å². The zero-order valence-electron chi connectivity index (χ0n) is 9.79. The first-order chi connectivity index (χ1) is 7.79. The third kappa shape index (κ3) is 3.17. The summed E-state index contributed by atoms with van der Waals surface area (Å²) >= 11 is 7.38. The van der Waals surface area contributed by atoms with Gasteiger partial charge in [-0.2, -0.15) is 0 Å². The van der Waals surface area contributed by atoms with Gasteiger partial charge in [-0.1, -0.05) is 37.5 Å². The average molecular weight is 259 g/mol. The van der Waals surface area contributed by atoms with Gasteiger partial charge in [-0.3, -0.25) is 0 Å². The van der Waals surface area contributed by atoms with E-state index in [-0.39, 0.29) is 0 Å². The minimum Gasteiger partial charge on any atom is -0.142 e. The summed E-state index contributed by atoms with van der Waals surface area (Å²) in [7, 11) is 0.